The fourth-order valence-corrected chi connectivity index (χ4v) is 3.54. The molecule has 1 saturated heterocycles. The number of aromatic hydroxyl groups is 1. The molecule has 0 aromatic heterocycles. The topological polar surface area (TPSA) is 65.4 Å². The van der Waals surface area contributed by atoms with Crippen molar-refractivity contribution in [1.82, 2.24) is 9.80 Å². The Morgan fingerprint density at radius 3 is 2.79 bits per heavy atom. The molecule has 7 heteroatoms. The maximum absolute atomic E-state index is 12.2. The molecule has 1 aromatic rings. The van der Waals surface area contributed by atoms with Crippen LogP contribution in [0.25, 0.3) is 6.08 Å². The highest BCUT2D eigenvalue weighted by Crippen LogP contribution is 2.33. The third kappa shape index (κ3) is 3.73. The van der Waals surface area contributed by atoms with Crippen molar-refractivity contribution in [2.45, 2.75) is 6.92 Å². The fraction of sp³-hybridized carbons (Fsp3) is 0.412. The van der Waals surface area contributed by atoms with Crippen LogP contribution in [0.3, 0.4) is 0 Å². The monoisotopic (exact) mass is 347 g/mol. The third-order valence-corrected chi connectivity index (χ3v) is 5.01. The second-order valence-corrected chi connectivity index (χ2v) is 6.77. The largest absolute Gasteiger partial charge is 0.504 e. The summed E-state index contributed by atoms with van der Waals surface area (Å²) >= 11 is 1.41. The van der Waals surface area contributed by atoms with Gasteiger partial charge in [-0.3, -0.25) is 4.79 Å². The number of phenols is 1. The molecule has 2 heterocycles. The van der Waals surface area contributed by atoms with Gasteiger partial charge in [0.25, 0.3) is 5.91 Å². The first-order chi connectivity index (χ1) is 11.6. The molecule has 0 spiro atoms. The minimum Gasteiger partial charge on any atom is -0.504 e. The van der Waals surface area contributed by atoms with Gasteiger partial charge in [-0.2, -0.15) is 4.99 Å². The summed E-state index contributed by atoms with van der Waals surface area (Å²) in [6.07, 6.45) is 1.79. The lowest BCUT2D eigenvalue weighted by Crippen LogP contribution is -2.46. The third-order valence-electron chi connectivity index (χ3n) is 3.96. The molecule has 0 atom stereocenters. The first kappa shape index (κ1) is 16.9. The molecule has 2 aliphatic heterocycles. The summed E-state index contributed by atoms with van der Waals surface area (Å²) in [6.45, 7) is 6.05. The predicted molar refractivity (Wildman–Crippen MR) is 96.4 cm³/mol. The second kappa shape index (κ2) is 7.27. The molecule has 1 aromatic carbocycles. The average Bonchev–Trinajstić information content (AvgIpc) is 2.92. The Kier molecular flexibility index (Phi) is 5.11. The number of benzene rings is 1. The number of amides is 1. The van der Waals surface area contributed by atoms with Crippen molar-refractivity contribution < 1.29 is 14.6 Å². The molecule has 0 aliphatic carbocycles. The first-order valence-electron chi connectivity index (χ1n) is 7.98. The molecule has 24 heavy (non-hydrogen) atoms. The minimum absolute atomic E-state index is 0.0961. The first-order valence-corrected chi connectivity index (χ1v) is 8.80. The number of amidine groups is 1. The van der Waals surface area contributed by atoms with Crippen molar-refractivity contribution in [1.29, 1.82) is 0 Å². The Hall–Kier alpha value is -1.99. The molecule has 0 bridgehead atoms. The molecular weight excluding hydrogens is 326 g/mol. The van der Waals surface area contributed by atoms with Crippen LogP contribution in [0.5, 0.6) is 11.5 Å². The quantitative estimate of drug-likeness (QED) is 0.844. The molecule has 0 radical (unpaired) electrons. The fourth-order valence-electron chi connectivity index (χ4n) is 2.57. The lowest BCUT2D eigenvalue weighted by Gasteiger charge is -2.32. The van der Waals surface area contributed by atoms with Gasteiger partial charge in [0.05, 0.1) is 11.5 Å². The lowest BCUT2D eigenvalue weighted by atomic mass is 10.2. The molecule has 1 N–H and O–H groups in total. The van der Waals surface area contributed by atoms with Crippen molar-refractivity contribution in [3.8, 4) is 11.5 Å². The normalized spacial score (nSPS) is 20.6. The molecule has 1 amide bonds. The number of piperazine rings is 1. The zero-order valence-corrected chi connectivity index (χ0v) is 14.7. The summed E-state index contributed by atoms with van der Waals surface area (Å²) in [7, 11) is 2.10. The molecule has 128 valence electrons. The second-order valence-electron chi connectivity index (χ2n) is 5.76. The molecule has 6 nitrogen and oxygen atoms in total. The molecule has 1 fully saturated rings. The standard InChI is InChI=1S/C17H21N3O3S/c1-3-23-14-10-12(4-5-13(14)21)11-15-16(22)18-17(24-15)20-8-6-19(2)7-9-20/h4-5,10-11,21H,3,6-9H2,1-2H3/b15-11-. The Bertz CT molecular complexity index is 694. The minimum atomic E-state index is -0.208. The summed E-state index contributed by atoms with van der Waals surface area (Å²) in [6, 6.07) is 5.06. The van der Waals surface area contributed by atoms with E-state index in [1.807, 2.05) is 6.92 Å². The van der Waals surface area contributed by atoms with Crippen LogP contribution < -0.4 is 4.74 Å². The summed E-state index contributed by atoms with van der Waals surface area (Å²) in [5.74, 6) is 0.307. The van der Waals surface area contributed by atoms with Crippen molar-refractivity contribution >= 4 is 28.9 Å². The van der Waals surface area contributed by atoms with Gasteiger partial charge in [-0.05, 0) is 49.5 Å². The van der Waals surface area contributed by atoms with Crippen LogP contribution in [-0.4, -0.2) is 65.8 Å². The van der Waals surface area contributed by atoms with E-state index >= 15 is 0 Å². The van der Waals surface area contributed by atoms with E-state index in [9.17, 15) is 9.90 Å². The van der Waals surface area contributed by atoms with Gasteiger partial charge in [0.15, 0.2) is 16.7 Å². The SMILES string of the molecule is CCOc1cc(/C=C2\SC(N3CCN(C)CC3)=NC2=O)ccc1O. The Morgan fingerprint density at radius 2 is 2.08 bits per heavy atom. The van der Waals surface area contributed by atoms with E-state index in [4.69, 9.17) is 4.74 Å². The molecular formula is C17H21N3O3S. The van der Waals surface area contributed by atoms with Crippen molar-refractivity contribution in [3.05, 3.63) is 28.7 Å². The number of hydrogen-bond acceptors (Lipinski definition) is 6. The van der Waals surface area contributed by atoms with Crippen molar-refractivity contribution in [3.63, 3.8) is 0 Å². The molecule has 0 unspecified atom stereocenters. The number of carbonyl (C=O) groups is 1. The number of aliphatic imine (C=N–C) groups is 1. The summed E-state index contributed by atoms with van der Waals surface area (Å²) in [5.41, 5.74) is 0.807. The van der Waals surface area contributed by atoms with E-state index in [1.54, 1.807) is 24.3 Å². The van der Waals surface area contributed by atoms with Crippen LogP contribution in [0.4, 0.5) is 0 Å². The van der Waals surface area contributed by atoms with Crippen LogP contribution in [0.2, 0.25) is 0 Å². The maximum atomic E-state index is 12.2. The smallest absolute Gasteiger partial charge is 0.286 e. The zero-order valence-electron chi connectivity index (χ0n) is 13.9. The highest BCUT2D eigenvalue weighted by Gasteiger charge is 2.27. The maximum Gasteiger partial charge on any atom is 0.286 e. The van der Waals surface area contributed by atoms with Crippen LogP contribution in [0, 0.1) is 0 Å². The van der Waals surface area contributed by atoms with Crippen molar-refractivity contribution in [2.75, 3.05) is 39.8 Å². The van der Waals surface area contributed by atoms with Crippen LogP contribution in [0.1, 0.15) is 12.5 Å². The van der Waals surface area contributed by atoms with Crippen LogP contribution in [-0.2, 0) is 4.79 Å². The van der Waals surface area contributed by atoms with Crippen molar-refractivity contribution in [2.24, 2.45) is 4.99 Å². The van der Waals surface area contributed by atoms with Gasteiger partial charge < -0.3 is 19.6 Å². The zero-order chi connectivity index (χ0) is 17.1. The van der Waals surface area contributed by atoms with Gasteiger partial charge in [-0.25, -0.2) is 0 Å². The highest BCUT2D eigenvalue weighted by atomic mass is 32.2. The number of carbonyl (C=O) groups excluding carboxylic acids is 1. The van der Waals surface area contributed by atoms with Gasteiger partial charge in [-0.15, -0.1) is 0 Å². The molecule has 2 aliphatic rings. The number of phenolic OH excluding ortho intramolecular Hbond substituents is 1. The summed E-state index contributed by atoms with van der Waals surface area (Å²) < 4.78 is 5.38. The summed E-state index contributed by atoms with van der Waals surface area (Å²) in [4.78, 5) is 21.4. The van der Waals surface area contributed by atoms with Crippen LogP contribution >= 0.6 is 11.8 Å². The Balaban J connectivity index is 1.73. The number of hydrogen-bond donors (Lipinski definition) is 1. The molecule has 0 saturated carbocycles. The predicted octanol–water partition coefficient (Wildman–Crippen LogP) is 2.01. The van der Waals surface area contributed by atoms with E-state index in [0.717, 1.165) is 36.9 Å². The van der Waals surface area contributed by atoms with Gasteiger partial charge in [0, 0.05) is 26.2 Å². The van der Waals surface area contributed by atoms with Crippen LogP contribution in [0.15, 0.2) is 28.1 Å². The number of thioether (sulfide) groups is 1. The number of likely N-dealkylation sites (N-methyl/N-ethyl adjacent to an activating group) is 1. The average molecular weight is 347 g/mol. The van der Waals surface area contributed by atoms with E-state index in [1.165, 1.54) is 11.8 Å². The van der Waals surface area contributed by atoms with E-state index < -0.39 is 0 Å². The Morgan fingerprint density at radius 1 is 1.33 bits per heavy atom. The van der Waals surface area contributed by atoms with E-state index in [-0.39, 0.29) is 11.7 Å². The van der Waals surface area contributed by atoms with E-state index in [2.05, 4.69) is 21.8 Å². The molecule has 3 rings (SSSR count). The number of ether oxygens (including phenoxy) is 1. The Labute approximate surface area is 145 Å². The van der Waals surface area contributed by atoms with Gasteiger partial charge >= 0.3 is 0 Å². The number of rotatable bonds is 3. The number of nitrogens with zero attached hydrogens (tertiary/aromatic N) is 3. The van der Waals surface area contributed by atoms with E-state index in [0.29, 0.717) is 17.3 Å². The van der Waals surface area contributed by atoms with Gasteiger partial charge in [0.2, 0.25) is 0 Å². The highest BCUT2D eigenvalue weighted by molar-refractivity contribution is 8.18. The van der Waals surface area contributed by atoms with Gasteiger partial charge in [0.1, 0.15) is 0 Å². The van der Waals surface area contributed by atoms with Gasteiger partial charge in [-0.1, -0.05) is 6.07 Å². The summed E-state index contributed by atoms with van der Waals surface area (Å²) in [5, 5.41) is 10.5. The lowest BCUT2D eigenvalue weighted by molar-refractivity contribution is -0.113.